The lowest BCUT2D eigenvalue weighted by Gasteiger charge is -2.20. The Bertz CT molecular complexity index is 292. The average Bonchev–Trinajstić information content (AvgIpc) is 3.10. The van der Waals surface area contributed by atoms with Crippen molar-refractivity contribution in [2.24, 2.45) is 0 Å². The summed E-state index contributed by atoms with van der Waals surface area (Å²) >= 11 is 0. The Labute approximate surface area is 110 Å². The molecule has 1 aliphatic rings. The van der Waals surface area contributed by atoms with Crippen molar-refractivity contribution in [3.05, 3.63) is 0 Å². The van der Waals surface area contributed by atoms with Crippen molar-refractivity contribution in [1.29, 1.82) is 0 Å². The Hall–Kier alpha value is -0.820. The van der Waals surface area contributed by atoms with Gasteiger partial charge in [-0.1, -0.05) is 0 Å². The maximum atomic E-state index is 12.2. The molecule has 1 saturated carbocycles. The lowest BCUT2D eigenvalue weighted by Crippen LogP contribution is -2.41. The zero-order chi connectivity index (χ0) is 14.5. The molecule has 0 heterocycles. The smallest absolute Gasteiger partial charge is 0.414 e. The molecule has 1 N–H and O–H groups in total. The molecule has 0 aliphatic heterocycles. The van der Waals surface area contributed by atoms with Gasteiger partial charge in [0.15, 0.2) is 6.10 Å². The van der Waals surface area contributed by atoms with Crippen LogP contribution in [0.15, 0.2) is 0 Å². The van der Waals surface area contributed by atoms with Crippen LogP contribution in [0.4, 0.5) is 13.2 Å². The van der Waals surface area contributed by atoms with E-state index in [1.54, 1.807) is 6.92 Å². The summed E-state index contributed by atoms with van der Waals surface area (Å²) in [5.74, 6) is -0.433. The minimum Gasteiger partial charge on any atom is -0.465 e. The van der Waals surface area contributed by atoms with E-state index in [9.17, 15) is 18.0 Å². The normalized spacial score (nSPS) is 19.0. The first-order chi connectivity index (χ1) is 8.84. The van der Waals surface area contributed by atoms with Crippen LogP contribution in [0.1, 0.15) is 33.1 Å². The molecule has 1 aliphatic carbocycles. The molecule has 2 unspecified atom stereocenters. The van der Waals surface area contributed by atoms with Crippen LogP contribution >= 0.6 is 0 Å². The van der Waals surface area contributed by atoms with Gasteiger partial charge >= 0.3 is 12.1 Å². The minimum absolute atomic E-state index is 0.135. The van der Waals surface area contributed by atoms with Crippen LogP contribution in [0.2, 0.25) is 0 Å². The van der Waals surface area contributed by atoms with Crippen LogP contribution in [0, 0.1) is 0 Å². The molecule has 0 aromatic rings. The fraction of sp³-hybridized carbons (Fsp3) is 0.917. The van der Waals surface area contributed by atoms with Crippen LogP contribution in [0.5, 0.6) is 0 Å². The molecular weight excluding hydrogens is 263 g/mol. The number of esters is 1. The molecule has 0 saturated heterocycles. The van der Waals surface area contributed by atoms with Gasteiger partial charge in [0, 0.05) is 12.6 Å². The third-order valence-corrected chi connectivity index (χ3v) is 2.82. The standard InChI is InChI=1S/C12H20F3NO3/c1-3-18-11(17)10(16-9-4-5-9)6-7-19-8(2)12(13,14)15/h8-10,16H,3-7H2,1-2H3. The van der Waals surface area contributed by atoms with Crippen molar-refractivity contribution in [3.8, 4) is 0 Å². The van der Waals surface area contributed by atoms with Crippen LogP contribution in [0.3, 0.4) is 0 Å². The van der Waals surface area contributed by atoms with Gasteiger partial charge in [0.1, 0.15) is 6.04 Å². The predicted molar refractivity (Wildman–Crippen MR) is 62.7 cm³/mol. The molecule has 1 rings (SSSR count). The summed E-state index contributed by atoms with van der Waals surface area (Å²) in [6.07, 6.45) is -4.05. The van der Waals surface area contributed by atoms with E-state index in [0.29, 0.717) is 0 Å². The molecule has 0 aromatic carbocycles. The molecule has 0 bridgehead atoms. The number of hydrogen-bond donors (Lipinski definition) is 1. The van der Waals surface area contributed by atoms with E-state index < -0.39 is 24.3 Å². The number of carbonyl (C=O) groups excluding carboxylic acids is 1. The molecule has 0 spiro atoms. The number of nitrogens with one attached hydrogen (secondary N) is 1. The summed E-state index contributed by atoms with van der Waals surface area (Å²) in [7, 11) is 0. The van der Waals surface area contributed by atoms with Gasteiger partial charge in [0.05, 0.1) is 6.61 Å². The van der Waals surface area contributed by atoms with Crippen LogP contribution in [-0.2, 0) is 14.3 Å². The van der Waals surface area contributed by atoms with E-state index in [2.05, 4.69) is 5.32 Å². The van der Waals surface area contributed by atoms with Gasteiger partial charge < -0.3 is 14.8 Å². The Morgan fingerprint density at radius 2 is 2.05 bits per heavy atom. The molecule has 112 valence electrons. The molecule has 1 fully saturated rings. The highest BCUT2D eigenvalue weighted by molar-refractivity contribution is 5.75. The Morgan fingerprint density at radius 1 is 1.42 bits per heavy atom. The number of halogens is 3. The third kappa shape index (κ3) is 6.24. The van der Waals surface area contributed by atoms with Gasteiger partial charge in [-0.15, -0.1) is 0 Å². The summed E-state index contributed by atoms with van der Waals surface area (Å²) < 4.78 is 46.3. The lowest BCUT2D eigenvalue weighted by atomic mass is 10.2. The second kappa shape index (κ2) is 7.09. The summed E-state index contributed by atoms with van der Waals surface area (Å²) in [6, 6.07) is -0.317. The molecule has 7 heteroatoms. The molecule has 0 radical (unpaired) electrons. The zero-order valence-electron chi connectivity index (χ0n) is 11.1. The van der Waals surface area contributed by atoms with Crippen molar-refractivity contribution in [1.82, 2.24) is 5.32 Å². The summed E-state index contributed by atoms with van der Waals surface area (Å²) in [4.78, 5) is 11.6. The predicted octanol–water partition coefficient (Wildman–Crippen LogP) is 2.03. The largest absolute Gasteiger partial charge is 0.465 e. The summed E-state index contributed by atoms with van der Waals surface area (Å²) in [5, 5.41) is 3.05. The zero-order valence-corrected chi connectivity index (χ0v) is 11.1. The van der Waals surface area contributed by atoms with Gasteiger partial charge in [0.2, 0.25) is 0 Å². The first-order valence-corrected chi connectivity index (χ1v) is 6.45. The fourth-order valence-corrected chi connectivity index (χ4v) is 1.50. The maximum Gasteiger partial charge on any atom is 0.414 e. The van der Waals surface area contributed by atoms with Gasteiger partial charge in [-0.25, -0.2) is 0 Å². The number of rotatable bonds is 8. The van der Waals surface area contributed by atoms with Gasteiger partial charge in [-0.05, 0) is 33.1 Å². The highest BCUT2D eigenvalue weighted by Gasteiger charge is 2.37. The first kappa shape index (κ1) is 16.2. The van der Waals surface area contributed by atoms with E-state index >= 15 is 0 Å². The SMILES string of the molecule is CCOC(=O)C(CCOC(C)C(F)(F)F)NC1CC1. The molecular formula is C12H20F3NO3. The van der Waals surface area contributed by atoms with Crippen molar-refractivity contribution >= 4 is 5.97 Å². The van der Waals surface area contributed by atoms with Gasteiger partial charge in [0.25, 0.3) is 0 Å². The highest BCUT2D eigenvalue weighted by Crippen LogP contribution is 2.23. The van der Waals surface area contributed by atoms with E-state index in [-0.39, 0.29) is 25.7 Å². The quantitative estimate of drug-likeness (QED) is 0.692. The Kier molecular flexibility index (Phi) is 6.06. The van der Waals surface area contributed by atoms with Crippen LogP contribution in [-0.4, -0.2) is 43.5 Å². The topological polar surface area (TPSA) is 47.6 Å². The van der Waals surface area contributed by atoms with Crippen molar-refractivity contribution in [2.75, 3.05) is 13.2 Å². The summed E-state index contributed by atoms with van der Waals surface area (Å²) in [5.41, 5.74) is 0. The maximum absolute atomic E-state index is 12.2. The fourth-order valence-electron chi connectivity index (χ4n) is 1.50. The summed E-state index contributed by atoms with van der Waals surface area (Å²) in [6.45, 7) is 2.76. The van der Waals surface area contributed by atoms with Crippen molar-refractivity contribution in [3.63, 3.8) is 0 Å². The van der Waals surface area contributed by atoms with Crippen molar-refractivity contribution < 1.29 is 27.4 Å². The monoisotopic (exact) mass is 283 g/mol. The van der Waals surface area contributed by atoms with Crippen LogP contribution < -0.4 is 5.32 Å². The average molecular weight is 283 g/mol. The first-order valence-electron chi connectivity index (χ1n) is 6.45. The second-order valence-corrected chi connectivity index (χ2v) is 4.59. The Balaban J connectivity index is 2.33. The number of alkyl halides is 3. The van der Waals surface area contributed by atoms with E-state index in [1.165, 1.54) is 0 Å². The minimum atomic E-state index is -4.37. The number of carbonyl (C=O) groups is 1. The van der Waals surface area contributed by atoms with Gasteiger partial charge in [-0.3, -0.25) is 4.79 Å². The highest BCUT2D eigenvalue weighted by atomic mass is 19.4. The molecule has 0 amide bonds. The van der Waals surface area contributed by atoms with E-state index in [4.69, 9.17) is 9.47 Å². The lowest BCUT2D eigenvalue weighted by molar-refractivity contribution is -0.214. The molecule has 0 aromatic heterocycles. The van der Waals surface area contributed by atoms with Gasteiger partial charge in [-0.2, -0.15) is 13.2 Å². The van der Waals surface area contributed by atoms with E-state index in [1.807, 2.05) is 0 Å². The van der Waals surface area contributed by atoms with E-state index in [0.717, 1.165) is 19.8 Å². The molecule has 4 nitrogen and oxygen atoms in total. The molecule has 2 atom stereocenters. The third-order valence-electron chi connectivity index (χ3n) is 2.82. The Morgan fingerprint density at radius 3 is 2.53 bits per heavy atom. The van der Waals surface area contributed by atoms with Crippen molar-refractivity contribution in [2.45, 2.75) is 57.5 Å². The molecule has 19 heavy (non-hydrogen) atoms. The number of ether oxygens (including phenoxy) is 2. The number of hydrogen-bond acceptors (Lipinski definition) is 4. The second-order valence-electron chi connectivity index (χ2n) is 4.59. The van der Waals surface area contributed by atoms with Crippen LogP contribution in [0.25, 0.3) is 0 Å².